The van der Waals surface area contributed by atoms with E-state index in [0.29, 0.717) is 13.2 Å². The molecule has 0 aromatic heterocycles. The molecule has 0 rings (SSSR count). The molecule has 0 saturated carbocycles. The molecule has 0 radical (unpaired) electrons. The van der Waals surface area contributed by atoms with Crippen LogP contribution < -0.4 is 11.1 Å². The van der Waals surface area contributed by atoms with E-state index in [1.807, 2.05) is 20.8 Å². The Balaban J connectivity index is 4.68. The number of ether oxygens (including phenoxy) is 1. The van der Waals surface area contributed by atoms with Crippen molar-refractivity contribution >= 4 is 17.9 Å². The van der Waals surface area contributed by atoms with Crippen LogP contribution >= 0.6 is 0 Å². The Bertz CT molecular complexity index is 330. The number of carboxylic acid groups (broad SMARTS) is 1. The van der Waals surface area contributed by atoms with Crippen LogP contribution in [0.25, 0.3) is 0 Å². The first-order valence-electron chi connectivity index (χ1n) is 6.41. The highest BCUT2D eigenvalue weighted by Crippen LogP contribution is 2.03. The lowest BCUT2D eigenvalue weighted by molar-refractivity contribution is -0.137. The van der Waals surface area contributed by atoms with Crippen molar-refractivity contribution in [2.75, 3.05) is 26.3 Å². The number of primary amides is 1. The van der Waals surface area contributed by atoms with Gasteiger partial charge in [-0.25, -0.2) is 4.79 Å². The number of carboxylic acids is 1. The zero-order chi connectivity index (χ0) is 15.7. The lowest BCUT2D eigenvalue weighted by Gasteiger charge is -2.26. The van der Waals surface area contributed by atoms with E-state index in [-0.39, 0.29) is 12.0 Å². The predicted octanol–water partition coefficient (Wildman–Crippen LogP) is -0.371. The highest BCUT2D eigenvalue weighted by Gasteiger charge is 2.23. The van der Waals surface area contributed by atoms with E-state index >= 15 is 0 Å². The first kappa shape index (κ1) is 18.2. The van der Waals surface area contributed by atoms with Gasteiger partial charge < -0.3 is 25.8 Å². The van der Waals surface area contributed by atoms with Crippen LogP contribution in [-0.4, -0.2) is 60.3 Å². The summed E-state index contributed by atoms with van der Waals surface area (Å²) >= 11 is 0. The molecule has 0 bridgehead atoms. The molecule has 0 aliphatic rings. The summed E-state index contributed by atoms with van der Waals surface area (Å²) < 4.78 is 5.26. The molecule has 0 aromatic rings. The maximum absolute atomic E-state index is 12.0. The van der Waals surface area contributed by atoms with Gasteiger partial charge in [0.15, 0.2) is 0 Å². The van der Waals surface area contributed by atoms with Gasteiger partial charge in [0.05, 0.1) is 12.6 Å². The van der Waals surface area contributed by atoms with Crippen molar-refractivity contribution in [2.24, 2.45) is 11.7 Å². The summed E-state index contributed by atoms with van der Waals surface area (Å²) in [5.41, 5.74) is 5.00. The second-order valence-electron chi connectivity index (χ2n) is 4.68. The van der Waals surface area contributed by atoms with Crippen molar-refractivity contribution < 1.29 is 24.2 Å². The number of nitrogens with zero attached hydrogens (tertiary/aromatic N) is 1. The minimum absolute atomic E-state index is 0.103. The second-order valence-corrected chi connectivity index (χ2v) is 4.68. The number of carbonyl (C=O) groups is 3. The number of amides is 3. The van der Waals surface area contributed by atoms with Crippen LogP contribution in [-0.2, 0) is 14.3 Å². The van der Waals surface area contributed by atoms with Crippen LogP contribution in [0.5, 0.6) is 0 Å². The van der Waals surface area contributed by atoms with E-state index < -0.39 is 31.0 Å². The minimum Gasteiger partial charge on any atom is -0.480 e. The largest absolute Gasteiger partial charge is 0.480 e. The first-order chi connectivity index (χ1) is 9.27. The molecule has 0 heterocycles. The van der Waals surface area contributed by atoms with Gasteiger partial charge >= 0.3 is 12.0 Å². The smallest absolute Gasteiger partial charge is 0.323 e. The van der Waals surface area contributed by atoms with Crippen molar-refractivity contribution in [3.05, 3.63) is 0 Å². The number of urea groups is 1. The molecule has 116 valence electrons. The average Bonchev–Trinajstić information content (AvgIpc) is 2.31. The topological polar surface area (TPSA) is 122 Å². The van der Waals surface area contributed by atoms with Crippen molar-refractivity contribution in [3.63, 3.8) is 0 Å². The van der Waals surface area contributed by atoms with Crippen LogP contribution in [0, 0.1) is 5.92 Å². The summed E-state index contributed by atoms with van der Waals surface area (Å²) in [6.07, 6.45) is 0. The molecule has 0 aromatic carbocycles. The van der Waals surface area contributed by atoms with Crippen molar-refractivity contribution in [2.45, 2.75) is 26.8 Å². The molecule has 8 nitrogen and oxygen atoms in total. The summed E-state index contributed by atoms with van der Waals surface area (Å²) in [5.74, 6) is -1.88. The van der Waals surface area contributed by atoms with Crippen molar-refractivity contribution in [1.82, 2.24) is 10.2 Å². The Morgan fingerprint density at radius 1 is 1.30 bits per heavy atom. The second kappa shape index (κ2) is 9.13. The van der Waals surface area contributed by atoms with Gasteiger partial charge in [0.25, 0.3) is 0 Å². The molecular formula is C12H23N3O5. The fraction of sp³-hybridized carbons (Fsp3) is 0.750. The van der Waals surface area contributed by atoms with Crippen LogP contribution in [0.2, 0.25) is 0 Å². The maximum atomic E-state index is 12.0. The summed E-state index contributed by atoms with van der Waals surface area (Å²) in [6, 6.07) is -0.920. The summed E-state index contributed by atoms with van der Waals surface area (Å²) in [7, 11) is 0. The molecule has 0 fully saturated rings. The van der Waals surface area contributed by atoms with Gasteiger partial charge in [0.1, 0.15) is 13.1 Å². The van der Waals surface area contributed by atoms with Gasteiger partial charge in [0.2, 0.25) is 5.91 Å². The van der Waals surface area contributed by atoms with Gasteiger partial charge in [-0.3, -0.25) is 9.59 Å². The molecule has 4 N–H and O–H groups in total. The monoisotopic (exact) mass is 289 g/mol. The Hall–Kier alpha value is -1.83. The van der Waals surface area contributed by atoms with Crippen LogP contribution in [0.4, 0.5) is 4.79 Å². The van der Waals surface area contributed by atoms with E-state index in [2.05, 4.69) is 5.32 Å². The van der Waals surface area contributed by atoms with Crippen molar-refractivity contribution in [1.29, 1.82) is 0 Å². The maximum Gasteiger partial charge on any atom is 0.323 e. The van der Waals surface area contributed by atoms with Crippen molar-refractivity contribution in [3.8, 4) is 0 Å². The molecule has 1 unspecified atom stereocenters. The van der Waals surface area contributed by atoms with Gasteiger partial charge in [-0.15, -0.1) is 0 Å². The molecular weight excluding hydrogens is 266 g/mol. The minimum atomic E-state index is -1.22. The Kier molecular flexibility index (Phi) is 8.30. The highest BCUT2D eigenvalue weighted by molar-refractivity contribution is 5.86. The summed E-state index contributed by atoms with van der Waals surface area (Å²) in [5, 5.41) is 11.4. The highest BCUT2D eigenvalue weighted by atomic mass is 16.5. The standard InChI is InChI=1S/C12H23N3O5/c1-4-20-7-9(8(2)3)14-12(19)15(5-10(13)16)6-11(17)18/h8-9H,4-7H2,1-3H3,(H2,13,16)(H,14,19)(H,17,18). The molecule has 3 amide bonds. The normalized spacial score (nSPS) is 12.0. The lowest BCUT2D eigenvalue weighted by Crippen LogP contribution is -2.51. The fourth-order valence-electron chi connectivity index (χ4n) is 1.45. The first-order valence-corrected chi connectivity index (χ1v) is 6.41. The zero-order valence-electron chi connectivity index (χ0n) is 12.1. The van der Waals surface area contributed by atoms with E-state index in [1.54, 1.807) is 0 Å². The number of nitrogens with one attached hydrogen (secondary N) is 1. The third kappa shape index (κ3) is 7.57. The summed E-state index contributed by atoms with van der Waals surface area (Å²) in [6.45, 7) is 5.44. The van der Waals surface area contributed by atoms with Crippen LogP contribution in [0.3, 0.4) is 0 Å². The number of carbonyl (C=O) groups excluding carboxylic acids is 2. The fourth-order valence-corrected chi connectivity index (χ4v) is 1.45. The van der Waals surface area contributed by atoms with Gasteiger partial charge in [-0.05, 0) is 12.8 Å². The zero-order valence-corrected chi connectivity index (χ0v) is 12.1. The van der Waals surface area contributed by atoms with Crippen LogP contribution in [0.15, 0.2) is 0 Å². The van der Waals surface area contributed by atoms with E-state index in [1.165, 1.54) is 0 Å². The number of aliphatic carboxylic acids is 1. The molecule has 0 spiro atoms. The third-order valence-corrected chi connectivity index (χ3v) is 2.58. The van der Waals surface area contributed by atoms with Gasteiger partial charge in [-0.2, -0.15) is 0 Å². The molecule has 20 heavy (non-hydrogen) atoms. The quantitative estimate of drug-likeness (QED) is 0.534. The average molecular weight is 289 g/mol. The Morgan fingerprint density at radius 3 is 2.30 bits per heavy atom. The third-order valence-electron chi connectivity index (χ3n) is 2.58. The molecule has 0 aliphatic carbocycles. The predicted molar refractivity (Wildman–Crippen MR) is 72.1 cm³/mol. The van der Waals surface area contributed by atoms with E-state index in [0.717, 1.165) is 4.90 Å². The number of hydrogen-bond acceptors (Lipinski definition) is 4. The number of hydrogen-bond donors (Lipinski definition) is 3. The molecule has 0 saturated heterocycles. The molecule has 8 heteroatoms. The summed E-state index contributed by atoms with van der Waals surface area (Å²) in [4.78, 5) is 34.4. The number of nitrogens with two attached hydrogens (primary N) is 1. The van der Waals surface area contributed by atoms with Crippen LogP contribution in [0.1, 0.15) is 20.8 Å². The lowest BCUT2D eigenvalue weighted by atomic mass is 10.1. The van der Waals surface area contributed by atoms with Gasteiger partial charge in [0, 0.05) is 6.61 Å². The Morgan fingerprint density at radius 2 is 1.90 bits per heavy atom. The SMILES string of the molecule is CCOCC(NC(=O)N(CC(N)=O)CC(=O)O)C(C)C. The number of rotatable bonds is 9. The molecule has 1 atom stereocenters. The van der Waals surface area contributed by atoms with E-state index in [4.69, 9.17) is 15.6 Å². The van der Waals surface area contributed by atoms with Gasteiger partial charge in [-0.1, -0.05) is 13.8 Å². The molecule has 0 aliphatic heterocycles. The van der Waals surface area contributed by atoms with E-state index in [9.17, 15) is 14.4 Å². The Labute approximate surface area is 118 Å².